The third-order valence-electron chi connectivity index (χ3n) is 4.34. The summed E-state index contributed by atoms with van der Waals surface area (Å²) in [6, 6.07) is 4.88. The molecule has 0 unspecified atom stereocenters. The molecule has 148 valence electrons. The zero-order valence-electron chi connectivity index (χ0n) is 15.7. The number of hydrogen-bond donors (Lipinski definition) is 3. The fraction of sp³-hybridized carbons (Fsp3) is 0.474. The Balaban J connectivity index is 1.86. The predicted octanol–water partition coefficient (Wildman–Crippen LogP) is 2.32. The first-order chi connectivity index (χ1) is 12.8. The lowest BCUT2D eigenvalue weighted by Gasteiger charge is -2.16. The Hall–Kier alpha value is -2.19. The van der Waals surface area contributed by atoms with Crippen molar-refractivity contribution in [2.75, 3.05) is 11.9 Å². The van der Waals surface area contributed by atoms with Crippen molar-refractivity contribution in [3.05, 3.63) is 35.9 Å². The molecule has 1 aliphatic rings. The van der Waals surface area contributed by atoms with E-state index in [-0.39, 0.29) is 16.7 Å². The van der Waals surface area contributed by atoms with Gasteiger partial charge >= 0.3 is 0 Å². The van der Waals surface area contributed by atoms with Crippen molar-refractivity contribution in [3.63, 3.8) is 0 Å². The van der Waals surface area contributed by atoms with E-state index in [1.54, 1.807) is 0 Å². The molecule has 1 aromatic carbocycles. The van der Waals surface area contributed by atoms with Crippen LogP contribution in [-0.2, 0) is 19.6 Å². The van der Waals surface area contributed by atoms with E-state index in [0.29, 0.717) is 12.2 Å². The first-order valence-corrected chi connectivity index (χ1v) is 10.6. The van der Waals surface area contributed by atoms with Gasteiger partial charge < -0.3 is 10.6 Å². The van der Waals surface area contributed by atoms with E-state index in [4.69, 9.17) is 0 Å². The number of allylic oxidation sites excluding steroid dienone is 1. The van der Waals surface area contributed by atoms with Crippen molar-refractivity contribution in [2.45, 2.75) is 56.9 Å². The van der Waals surface area contributed by atoms with Crippen LogP contribution in [0, 0.1) is 0 Å². The Morgan fingerprint density at radius 3 is 2.44 bits per heavy atom. The summed E-state index contributed by atoms with van der Waals surface area (Å²) < 4.78 is 27.2. The minimum atomic E-state index is -3.83. The number of anilines is 1. The van der Waals surface area contributed by atoms with Gasteiger partial charge in [-0.25, -0.2) is 8.42 Å². The largest absolute Gasteiger partial charge is 0.354 e. The second-order valence-electron chi connectivity index (χ2n) is 6.70. The highest BCUT2D eigenvalue weighted by molar-refractivity contribution is 7.89. The molecule has 1 aromatic rings. The Labute approximate surface area is 160 Å². The topological polar surface area (TPSA) is 104 Å². The van der Waals surface area contributed by atoms with Crippen molar-refractivity contribution >= 4 is 27.5 Å². The average molecular weight is 394 g/mol. The Bertz CT molecular complexity index is 801. The quantitative estimate of drug-likeness (QED) is 0.590. The van der Waals surface area contributed by atoms with Crippen molar-refractivity contribution in [1.82, 2.24) is 10.0 Å². The molecule has 2 amide bonds. The minimum Gasteiger partial charge on any atom is -0.354 e. The normalized spacial score (nSPS) is 15.6. The molecule has 0 saturated heterocycles. The summed E-state index contributed by atoms with van der Waals surface area (Å²) in [5, 5.41) is 5.35. The molecule has 1 atom stereocenters. The SMILES string of the molecule is CC(=O)Nc1ccc(S(=O)(=O)N[C@@H](C)C(=O)NCCC2=CCCCC2)cc1. The maximum atomic E-state index is 12.4. The van der Waals surface area contributed by atoms with Crippen LogP contribution in [0.1, 0.15) is 46.0 Å². The third-order valence-corrected chi connectivity index (χ3v) is 5.90. The molecular weight excluding hydrogens is 366 g/mol. The summed E-state index contributed by atoms with van der Waals surface area (Å²) in [4.78, 5) is 23.2. The lowest BCUT2D eigenvalue weighted by Crippen LogP contribution is -2.45. The van der Waals surface area contributed by atoms with Gasteiger partial charge in [0, 0.05) is 19.2 Å². The molecule has 0 fully saturated rings. The second-order valence-corrected chi connectivity index (χ2v) is 8.41. The van der Waals surface area contributed by atoms with E-state index in [9.17, 15) is 18.0 Å². The molecule has 0 saturated carbocycles. The van der Waals surface area contributed by atoms with Crippen molar-refractivity contribution in [1.29, 1.82) is 0 Å². The maximum absolute atomic E-state index is 12.4. The van der Waals surface area contributed by atoms with Crippen LogP contribution in [0.4, 0.5) is 5.69 Å². The molecule has 0 aliphatic heterocycles. The smallest absolute Gasteiger partial charge is 0.241 e. The molecule has 0 bridgehead atoms. The summed E-state index contributed by atoms with van der Waals surface area (Å²) in [6.07, 6.45) is 7.62. The fourth-order valence-corrected chi connectivity index (χ4v) is 4.11. The van der Waals surface area contributed by atoms with E-state index in [2.05, 4.69) is 21.4 Å². The van der Waals surface area contributed by atoms with Gasteiger partial charge in [0.1, 0.15) is 0 Å². The van der Waals surface area contributed by atoms with Crippen LogP contribution in [-0.4, -0.2) is 32.8 Å². The number of hydrogen-bond acceptors (Lipinski definition) is 4. The number of sulfonamides is 1. The van der Waals surface area contributed by atoms with Crippen LogP contribution in [0.15, 0.2) is 40.8 Å². The predicted molar refractivity (Wildman–Crippen MR) is 105 cm³/mol. The monoisotopic (exact) mass is 393 g/mol. The first kappa shape index (κ1) is 21.1. The van der Waals surface area contributed by atoms with Crippen LogP contribution in [0.25, 0.3) is 0 Å². The van der Waals surface area contributed by atoms with Gasteiger partial charge in [0.2, 0.25) is 21.8 Å². The standard InChI is InChI=1S/C19H27N3O4S/c1-14(19(24)20-13-12-16-6-4-3-5-7-16)22-27(25,26)18-10-8-17(9-11-18)21-15(2)23/h6,8-11,14,22H,3-5,7,12-13H2,1-2H3,(H,20,24)(H,21,23)/t14-/m0/s1. The molecule has 0 heterocycles. The molecule has 1 aliphatic carbocycles. The zero-order chi connectivity index (χ0) is 19.9. The van der Waals surface area contributed by atoms with Crippen LogP contribution >= 0.6 is 0 Å². The van der Waals surface area contributed by atoms with Gasteiger partial charge in [0.25, 0.3) is 0 Å². The van der Waals surface area contributed by atoms with Crippen molar-refractivity contribution in [3.8, 4) is 0 Å². The molecule has 8 heteroatoms. The first-order valence-electron chi connectivity index (χ1n) is 9.13. The van der Waals surface area contributed by atoms with Gasteiger partial charge in [-0.3, -0.25) is 9.59 Å². The van der Waals surface area contributed by atoms with Crippen molar-refractivity contribution in [2.24, 2.45) is 0 Å². The molecule has 7 nitrogen and oxygen atoms in total. The van der Waals surface area contributed by atoms with Crippen LogP contribution in [0.2, 0.25) is 0 Å². The number of carbonyl (C=O) groups is 2. The zero-order valence-corrected chi connectivity index (χ0v) is 16.6. The summed E-state index contributed by atoms with van der Waals surface area (Å²) >= 11 is 0. The van der Waals surface area contributed by atoms with Crippen LogP contribution in [0.5, 0.6) is 0 Å². The van der Waals surface area contributed by atoms with Gasteiger partial charge in [0.15, 0.2) is 0 Å². The van der Waals surface area contributed by atoms with Gasteiger partial charge in [-0.15, -0.1) is 0 Å². The van der Waals surface area contributed by atoms with E-state index in [1.807, 2.05) is 0 Å². The third kappa shape index (κ3) is 6.80. The van der Waals surface area contributed by atoms with Gasteiger partial charge in [-0.1, -0.05) is 11.6 Å². The Morgan fingerprint density at radius 2 is 1.85 bits per heavy atom. The van der Waals surface area contributed by atoms with Gasteiger partial charge in [-0.2, -0.15) is 4.72 Å². The summed E-state index contributed by atoms with van der Waals surface area (Å²) in [6.45, 7) is 3.39. The molecule has 0 radical (unpaired) electrons. The minimum absolute atomic E-state index is 0.0311. The number of rotatable bonds is 8. The van der Waals surface area contributed by atoms with E-state index in [1.165, 1.54) is 56.5 Å². The van der Waals surface area contributed by atoms with E-state index < -0.39 is 16.1 Å². The highest BCUT2D eigenvalue weighted by atomic mass is 32.2. The van der Waals surface area contributed by atoms with Crippen LogP contribution in [0.3, 0.4) is 0 Å². The summed E-state index contributed by atoms with van der Waals surface area (Å²) in [5.41, 5.74) is 1.86. The summed E-state index contributed by atoms with van der Waals surface area (Å²) in [7, 11) is -3.83. The molecular formula is C19H27N3O4S. The Kier molecular flexibility index (Phi) is 7.55. The molecule has 27 heavy (non-hydrogen) atoms. The summed E-state index contributed by atoms with van der Waals surface area (Å²) in [5.74, 6) is -0.595. The van der Waals surface area contributed by atoms with Gasteiger partial charge in [-0.05, 0) is 63.3 Å². The number of carbonyl (C=O) groups excluding carboxylic acids is 2. The van der Waals surface area contributed by atoms with Crippen LogP contribution < -0.4 is 15.4 Å². The van der Waals surface area contributed by atoms with Crippen molar-refractivity contribution < 1.29 is 18.0 Å². The number of amides is 2. The highest BCUT2D eigenvalue weighted by Crippen LogP contribution is 2.19. The number of benzene rings is 1. The average Bonchev–Trinajstić information content (AvgIpc) is 2.62. The second kappa shape index (κ2) is 9.66. The van der Waals surface area contributed by atoms with E-state index >= 15 is 0 Å². The van der Waals surface area contributed by atoms with E-state index in [0.717, 1.165) is 19.3 Å². The molecule has 3 N–H and O–H groups in total. The molecule has 0 aromatic heterocycles. The lowest BCUT2D eigenvalue weighted by molar-refractivity contribution is -0.122. The lowest BCUT2D eigenvalue weighted by atomic mass is 9.97. The fourth-order valence-electron chi connectivity index (χ4n) is 2.91. The highest BCUT2D eigenvalue weighted by Gasteiger charge is 2.22. The molecule has 2 rings (SSSR count). The Morgan fingerprint density at radius 1 is 1.15 bits per heavy atom. The molecule has 0 spiro atoms. The maximum Gasteiger partial charge on any atom is 0.241 e. The number of nitrogens with one attached hydrogen (secondary N) is 3. The van der Waals surface area contributed by atoms with Gasteiger partial charge in [0.05, 0.1) is 10.9 Å².